The van der Waals surface area contributed by atoms with Crippen molar-refractivity contribution in [2.75, 3.05) is 5.75 Å². The molecule has 3 heterocycles. The Labute approximate surface area is 186 Å². The van der Waals surface area contributed by atoms with Gasteiger partial charge in [-0.05, 0) is 23.8 Å². The number of halogens is 1. The first kappa shape index (κ1) is 20.5. The number of carbonyl (C=O) groups is 1. The molecule has 0 fully saturated rings. The molecule has 0 aliphatic rings. The molecular formula is C20H17ClN6OS2. The number of thioether (sulfide) groups is 1. The molecule has 0 N–H and O–H groups in total. The van der Waals surface area contributed by atoms with E-state index in [1.165, 1.54) is 23.1 Å². The molecular weight excluding hydrogens is 440 g/mol. The van der Waals surface area contributed by atoms with Gasteiger partial charge in [-0.15, -0.1) is 21.5 Å². The van der Waals surface area contributed by atoms with Crippen molar-refractivity contribution in [1.29, 1.82) is 0 Å². The lowest BCUT2D eigenvalue weighted by molar-refractivity contribution is -0.115. The highest BCUT2D eigenvalue weighted by atomic mass is 35.5. The van der Waals surface area contributed by atoms with E-state index in [1.807, 2.05) is 64.2 Å². The summed E-state index contributed by atoms with van der Waals surface area (Å²) in [5.74, 6) is 0.635. The van der Waals surface area contributed by atoms with E-state index in [0.717, 1.165) is 11.1 Å². The van der Waals surface area contributed by atoms with Crippen LogP contribution in [0.5, 0.6) is 0 Å². The fraction of sp³-hybridized carbons (Fsp3) is 0.150. The van der Waals surface area contributed by atoms with Crippen molar-refractivity contribution >= 4 is 40.6 Å². The van der Waals surface area contributed by atoms with Crippen molar-refractivity contribution in [2.45, 2.75) is 11.7 Å². The Bertz CT molecular complexity index is 1230. The minimum absolute atomic E-state index is 0.170. The number of hydrogen-bond acceptors (Lipinski definition) is 6. The molecule has 3 aromatic heterocycles. The molecule has 1 amide bonds. The Balaban J connectivity index is 1.45. The van der Waals surface area contributed by atoms with Gasteiger partial charge in [-0.2, -0.15) is 4.99 Å². The minimum atomic E-state index is -0.235. The molecule has 4 rings (SSSR count). The fourth-order valence-corrected chi connectivity index (χ4v) is 4.41. The Morgan fingerprint density at radius 3 is 2.90 bits per heavy atom. The second-order valence-electron chi connectivity index (χ2n) is 6.31. The summed E-state index contributed by atoms with van der Waals surface area (Å²) in [7, 11) is 1.86. The van der Waals surface area contributed by atoms with Gasteiger partial charge >= 0.3 is 0 Å². The SMILES string of the molecule is Cn1c(SCC(=O)N=c2sccn2Cc2ccccc2Cl)nnc1-c1cccnc1. The highest BCUT2D eigenvalue weighted by molar-refractivity contribution is 7.99. The summed E-state index contributed by atoms with van der Waals surface area (Å²) < 4.78 is 3.76. The van der Waals surface area contributed by atoms with E-state index in [0.29, 0.717) is 27.3 Å². The Kier molecular flexibility index (Phi) is 6.41. The van der Waals surface area contributed by atoms with Gasteiger partial charge in [0.2, 0.25) is 0 Å². The molecule has 152 valence electrons. The van der Waals surface area contributed by atoms with E-state index in [2.05, 4.69) is 20.2 Å². The Morgan fingerprint density at radius 2 is 2.10 bits per heavy atom. The van der Waals surface area contributed by atoms with E-state index in [1.54, 1.807) is 12.4 Å². The van der Waals surface area contributed by atoms with Crippen molar-refractivity contribution in [1.82, 2.24) is 24.3 Å². The van der Waals surface area contributed by atoms with Gasteiger partial charge in [0.05, 0.1) is 12.3 Å². The highest BCUT2D eigenvalue weighted by Crippen LogP contribution is 2.22. The monoisotopic (exact) mass is 456 g/mol. The molecule has 7 nitrogen and oxygen atoms in total. The summed E-state index contributed by atoms with van der Waals surface area (Å²) >= 11 is 8.96. The normalized spacial score (nSPS) is 11.7. The first-order valence-electron chi connectivity index (χ1n) is 8.99. The van der Waals surface area contributed by atoms with Crippen LogP contribution in [-0.4, -0.2) is 36.0 Å². The van der Waals surface area contributed by atoms with Gasteiger partial charge in [0.1, 0.15) is 0 Å². The first-order valence-corrected chi connectivity index (χ1v) is 11.2. The van der Waals surface area contributed by atoms with Crippen LogP contribution in [0, 0.1) is 0 Å². The molecule has 0 aliphatic carbocycles. The summed E-state index contributed by atoms with van der Waals surface area (Å²) in [5, 5.41) is 11.6. The summed E-state index contributed by atoms with van der Waals surface area (Å²) in [6, 6.07) is 11.4. The van der Waals surface area contributed by atoms with Crippen LogP contribution in [0.1, 0.15) is 5.56 Å². The van der Waals surface area contributed by atoms with Crippen LogP contribution in [0.4, 0.5) is 0 Å². The number of hydrogen-bond donors (Lipinski definition) is 0. The average Bonchev–Trinajstić information content (AvgIpc) is 3.35. The summed E-state index contributed by atoms with van der Waals surface area (Å²) in [5.41, 5.74) is 1.84. The van der Waals surface area contributed by atoms with E-state index >= 15 is 0 Å². The number of nitrogens with zero attached hydrogens (tertiary/aromatic N) is 6. The number of pyridine rings is 1. The average molecular weight is 457 g/mol. The zero-order valence-corrected chi connectivity index (χ0v) is 18.4. The number of aromatic nitrogens is 5. The molecule has 30 heavy (non-hydrogen) atoms. The van der Waals surface area contributed by atoms with Gasteiger partial charge < -0.3 is 9.13 Å². The molecule has 0 saturated carbocycles. The van der Waals surface area contributed by atoms with E-state index in [-0.39, 0.29) is 11.7 Å². The molecule has 0 aliphatic heterocycles. The summed E-state index contributed by atoms with van der Waals surface area (Å²) in [4.78, 5) is 21.5. The van der Waals surface area contributed by atoms with Crippen LogP contribution in [0.15, 0.2) is 70.5 Å². The predicted molar refractivity (Wildman–Crippen MR) is 118 cm³/mol. The third-order valence-corrected chi connectivity index (χ3v) is 6.43. The second kappa shape index (κ2) is 9.38. The number of carbonyl (C=O) groups excluding carboxylic acids is 1. The van der Waals surface area contributed by atoms with Crippen molar-refractivity contribution < 1.29 is 4.79 Å². The molecule has 4 aromatic rings. The van der Waals surface area contributed by atoms with Crippen molar-refractivity contribution in [2.24, 2.45) is 12.0 Å². The maximum Gasteiger partial charge on any atom is 0.258 e. The van der Waals surface area contributed by atoms with Gasteiger partial charge in [-0.3, -0.25) is 9.78 Å². The number of rotatable bonds is 6. The van der Waals surface area contributed by atoms with Gasteiger partial charge in [-0.25, -0.2) is 0 Å². The van der Waals surface area contributed by atoms with E-state index in [4.69, 9.17) is 11.6 Å². The van der Waals surface area contributed by atoms with Crippen LogP contribution in [0.25, 0.3) is 11.4 Å². The van der Waals surface area contributed by atoms with Crippen molar-refractivity contribution in [3.8, 4) is 11.4 Å². The summed E-state index contributed by atoms with van der Waals surface area (Å²) in [6.07, 6.45) is 5.34. The molecule has 10 heteroatoms. The van der Waals surface area contributed by atoms with Crippen molar-refractivity contribution in [3.63, 3.8) is 0 Å². The zero-order valence-electron chi connectivity index (χ0n) is 16.0. The van der Waals surface area contributed by atoms with Crippen LogP contribution >= 0.6 is 34.7 Å². The maximum absolute atomic E-state index is 12.5. The van der Waals surface area contributed by atoms with E-state index in [9.17, 15) is 4.79 Å². The molecule has 1 aromatic carbocycles. The highest BCUT2D eigenvalue weighted by Gasteiger charge is 2.13. The molecule has 0 atom stereocenters. The quantitative estimate of drug-likeness (QED) is 0.414. The third-order valence-electron chi connectivity index (χ3n) is 4.26. The second-order valence-corrected chi connectivity index (χ2v) is 8.53. The number of amides is 1. The van der Waals surface area contributed by atoms with Crippen LogP contribution < -0.4 is 4.80 Å². The lowest BCUT2D eigenvalue weighted by atomic mass is 10.2. The van der Waals surface area contributed by atoms with E-state index < -0.39 is 0 Å². The van der Waals surface area contributed by atoms with Gasteiger partial charge in [0.25, 0.3) is 5.91 Å². The molecule has 0 bridgehead atoms. The lowest BCUT2D eigenvalue weighted by Gasteiger charge is -2.05. The van der Waals surface area contributed by atoms with Crippen LogP contribution in [0.3, 0.4) is 0 Å². The van der Waals surface area contributed by atoms with Crippen LogP contribution in [0.2, 0.25) is 5.02 Å². The van der Waals surface area contributed by atoms with Gasteiger partial charge in [0.15, 0.2) is 15.8 Å². The van der Waals surface area contributed by atoms with Gasteiger partial charge in [0, 0.05) is 41.6 Å². The van der Waals surface area contributed by atoms with Crippen molar-refractivity contribution in [3.05, 3.63) is 75.8 Å². The lowest BCUT2D eigenvalue weighted by Crippen LogP contribution is -2.17. The third kappa shape index (κ3) is 4.69. The first-order chi connectivity index (χ1) is 14.6. The molecule has 0 radical (unpaired) electrons. The largest absolute Gasteiger partial charge is 0.319 e. The number of benzene rings is 1. The number of thiazole rings is 1. The fourth-order valence-electron chi connectivity index (χ4n) is 2.77. The predicted octanol–water partition coefficient (Wildman–Crippen LogP) is 3.66. The molecule has 0 saturated heterocycles. The smallest absolute Gasteiger partial charge is 0.258 e. The Hall–Kier alpha value is -2.75. The summed E-state index contributed by atoms with van der Waals surface area (Å²) in [6.45, 7) is 0.556. The molecule has 0 unspecified atom stereocenters. The Morgan fingerprint density at radius 1 is 1.23 bits per heavy atom. The standard InChI is InChI=1S/C20H17ClN6OS2/c1-26-18(14-6-4-8-22-11-14)24-25-20(26)30-13-17(28)23-19-27(9-10-29-19)12-15-5-2-3-7-16(15)21/h2-11H,12-13H2,1H3. The van der Waals surface area contributed by atoms with Gasteiger partial charge in [-0.1, -0.05) is 41.6 Å². The minimum Gasteiger partial charge on any atom is -0.319 e. The molecule has 0 spiro atoms. The maximum atomic E-state index is 12.5. The van der Waals surface area contributed by atoms with Crippen LogP contribution in [-0.2, 0) is 18.4 Å². The topological polar surface area (TPSA) is 78.0 Å². The zero-order chi connectivity index (χ0) is 20.9.